The Hall–Kier alpha value is -1.02. The summed E-state index contributed by atoms with van der Waals surface area (Å²) in [6.07, 6.45) is 6.52. The highest BCUT2D eigenvalue weighted by Gasteiger charge is 2.19. The maximum absolute atomic E-state index is 5.43. The number of nitrogens with one attached hydrogen (secondary N) is 1. The standard InChI is InChI=1S/C18H29NO/c1-13(9-10-19-17-7-8-17)5-6-16-11-14(2)18(20-4)15(3)12-16/h11-13,17,19H,5-10H2,1-4H3. The number of hydrogen-bond donors (Lipinski definition) is 1. The zero-order chi connectivity index (χ0) is 14.5. The molecule has 20 heavy (non-hydrogen) atoms. The first-order chi connectivity index (χ1) is 9.60. The highest BCUT2D eigenvalue weighted by molar-refractivity contribution is 5.43. The summed E-state index contributed by atoms with van der Waals surface area (Å²) in [6, 6.07) is 5.40. The van der Waals surface area contributed by atoms with Crippen molar-refractivity contribution in [3.05, 3.63) is 28.8 Å². The van der Waals surface area contributed by atoms with Crippen LogP contribution in [0.4, 0.5) is 0 Å². The average molecular weight is 275 g/mol. The van der Waals surface area contributed by atoms with E-state index in [-0.39, 0.29) is 0 Å². The molecule has 0 bridgehead atoms. The van der Waals surface area contributed by atoms with Gasteiger partial charge in [0, 0.05) is 6.04 Å². The molecule has 0 aliphatic heterocycles. The summed E-state index contributed by atoms with van der Waals surface area (Å²) in [4.78, 5) is 0. The number of rotatable bonds is 8. The molecule has 0 aromatic heterocycles. The third-order valence-electron chi connectivity index (χ3n) is 4.30. The summed E-state index contributed by atoms with van der Waals surface area (Å²) in [6.45, 7) is 7.83. The maximum atomic E-state index is 5.43. The molecule has 0 radical (unpaired) electrons. The fourth-order valence-electron chi connectivity index (χ4n) is 2.88. The summed E-state index contributed by atoms with van der Waals surface area (Å²) in [5.74, 6) is 1.83. The summed E-state index contributed by atoms with van der Waals surface area (Å²) >= 11 is 0. The van der Waals surface area contributed by atoms with Gasteiger partial charge < -0.3 is 10.1 Å². The van der Waals surface area contributed by atoms with Gasteiger partial charge in [0.2, 0.25) is 0 Å². The lowest BCUT2D eigenvalue weighted by atomic mass is 9.96. The van der Waals surface area contributed by atoms with Gasteiger partial charge in [0.1, 0.15) is 5.75 Å². The molecular weight excluding hydrogens is 246 g/mol. The normalized spacial score (nSPS) is 16.2. The minimum atomic E-state index is 0.795. The lowest BCUT2D eigenvalue weighted by Gasteiger charge is -2.14. The van der Waals surface area contributed by atoms with Crippen LogP contribution in [0.5, 0.6) is 5.75 Å². The first kappa shape index (κ1) is 15.4. The van der Waals surface area contributed by atoms with Crippen molar-refractivity contribution in [3.8, 4) is 5.75 Å². The van der Waals surface area contributed by atoms with Gasteiger partial charge in [-0.1, -0.05) is 19.1 Å². The predicted octanol–water partition coefficient (Wildman–Crippen LogP) is 4.02. The third kappa shape index (κ3) is 4.52. The van der Waals surface area contributed by atoms with E-state index >= 15 is 0 Å². The SMILES string of the molecule is COc1c(C)cc(CCC(C)CCNC2CC2)cc1C. The minimum absolute atomic E-state index is 0.795. The van der Waals surface area contributed by atoms with E-state index in [1.54, 1.807) is 7.11 Å². The van der Waals surface area contributed by atoms with Gasteiger partial charge in [-0.2, -0.15) is 0 Å². The Kier molecular flexibility index (Phi) is 5.47. The van der Waals surface area contributed by atoms with E-state index in [0.717, 1.165) is 17.7 Å². The molecule has 0 saturated heterocycles. The van der Waals surface area contributed by atoms with Crippen LogP contribution in [0.25, 0.3) is 0 Å². The zero-order valence-electron chi connectivity index (χ0n) is 13.5. The highest BCUT2D eigenvalue weighted by atomic mass is 16.5. The van der Waals surface area contributed by atoms with Crippen LogP contribution in [0.2, 0.25) is 0 Å². The Balaban J connectivity index is 1.77. The quantitative estimate of drug-likeness (QED) is 0.773. The van der Waals surface area contributed by atoms with E-state index in [9.17, 15) is 0 Å². The van der Waals surface area contributed by atoms with Crippen LogP contribution in [0.3, 0.4) is 0 Å². The van der Waals surface area contributed by atoms with Gasteiger partial charge >= 0.3 is 0 Å². The second kappa shape index (κ2) is 7.12. The summed E-state index contributed by atoms with van der Waals surface area (Å²) < 4.78 is 5.43. The average Bonchev–Trinajstić information content (AvgIpc) is 3.20. The van der Waals surface area contributed by atoms with Gasteiger partial charge in [-0.15, -0.1) is 0 Å². The van der Waals surface area contributed by atoms with Gasteiger partial charge in [-0.25, -0.2) is 0 Å². The van der Waals surface area contributed by atoms with E-state index in [1.165, 1.54) is 55.3 Å². The van der Waals surface area contributed by atoms with E-state index < -0.39 is 0 Å². The Morgan fingerprint density at radius 2 is 1.85 bits per heavy atom. The first-order valence-corrected chi connectivity index (χ1v) is 7.97. The summed E-state index contributed by atoms with van der Waals surface area (Å²) in [5.41, 5.74) is 3.96. The molecule has 112 valence electrons. The van der Waals surface area contributed by atoms with Crippen molar-refractivity contribution in [2.45, 2.75) is 58.9 Å². The van der Waals surface area contributed by atoms with Gasteiger partial charge in [-0.05, 0) is 75.1 Å². The molecule has 1 N–H and O–H groups in total. The molecular formula is C18H29NO. The van der Waals surface area contributed by atoms with E-state index in [4.69, 9.17) is 4.74 Å². The first-order valence-electron chi connectivity index (χ1n) is 7.97. The second-order valence-electron chi connectivity index (χ2n) is 6.42. The molecule has 0 amide bonds. The Bertz CT molecular complexity index is 414. The Labute approximate surface area is 123 Å². The van der Waals surface area contributed by atoms with Gasteiger partial charge in [0.15, 0.2) is 0 Å². The molecule has 2 rings (SSSR count). The third-order valence-corrected chi connectivity index (χ3v) is 4.30. The molecule has 2 nitrogen and oxygen atoms in total. The van der Waals surface area contributed by atoms with Crippen LogP contribution in [-0.4, -0.2) is 19.7 Å². The molecule has 2 heteroatoms. The fraction of sp³-hybridized carbons (Fsp3) is 0.667. The molecule has 1 aliphatic carbocycles. The van der Waals surface area contributed by atoms with Crippen molar-refractivity contribution in [1.82, 2.24) is 5.32 Å². The topological polar surface area (TPSA) is 21.3 Å². The molecule has 1 aromatic carbocycles. The van der Waals surface area contributed by atoms with E-state index in [0.29, 0.717) is 0 Å². The van der Waals surface area contributed by atoms with Crippen LogP contribution in [0.1, 0.15) is 49.3 Å². The van der Waals surface area contributed by atoms with E-state index in [2.05, 4.69) is 38.2 Å². The van der Waals surface area contributed by atoms with Crippen molar-refractivity contribution >= 4 is 0 Å². The zero-order valence-corrected chi connectivity index (χ0v) is 13.5. The molecule has 1 unspecified atom stereocenters. The van der Waals surface area contributed by atoms with Crippen molar-refractivity contribution in [2.75, 3.05) is 13.7 Å². The maximum Gasteiger partial charge on any atom is 0.124 e. The number of ether oxygens (including phenoxy) is 1. The number of methoxy groups -OCH3 is 1. The van der Waals surface area contributed by atoms with Crippen LogP contribution < -0.4 is 10.1 Å². The van der Waals surface area contributed by atoms with Crippen LogP contribution in [0, 0.1) is 19.8 Å². The fourth-order valence-corrected chi connectivity index (χ4v) is 2.88. The van der Waals surface area contributed by atoms with E-state index in [1.807, 2.05) is 0 Å². The Morgan fingerprint density at radius 1 is 1.20 bits per heavy atom. The summed E-state index contributed by atoms with van der Waals surface area (Å²) in [5, 5.41) is 3.60. The lowest BCUT2D eigenvalue weighted by molar-refractivity contribution is 0.408. The van der Waals surface area contributed by atoms with Crippen molar-refractivity contribution in [2.24, 2.45) is 5.92 Å². The van der Waals surface area contributed by atoms with Crippen LogP contribution >= 0.6 is 0 Å². The van der Waals surface area contributed by atoms with Gasteiger partial charge in [0.25, 0.3) is 0 Å². The smallest absolute Gasteiger partial charge is 0.124 e. The largest absolute Gasteiger partial charge is 0.496 e. The lowest BCUT2D eigenvalue weighted by Crippen LogP contribution is -2.19. The molecule has 1 aromatic rings. The highest BCUT2D eigenvalue weighted by Crippen LogP contribution is 2.25. The van der Waals surface area contributed by atoms with Crippen molar-refractivity contribution in [1.29, 1.82) is 0 Å². The summed E-state index contributed by atoms with van der Waals surface area (Å²) in [7, 11) is 1.75. The number of hydrogen-bond acceptors (Lipinski definition) is 2. The van der Waals surface area contributed by atoms with Crippen molar-refractivity contribution in [3.63, 3.8) is 0 Å². The van der Waals surface area contributed by atoms with Gasteiger partial charge in [0.05, 0.1) is 7.11 Å². The molecule has 1 saturated carbocycles. The molecule has 0 spiro atoms. The minimum Gasteiger partial charge on any atom is -0.496 e. The number of aryl methyl sites for hydroxylation is 3. The van der Waals surface area contributed by atoms with Crippen molar-refractivity contribution < 1.29 is 4.74 Å². The molecule has 1 aliphatic rings. The number of benzene rings is 1. The monoisotopic (exact) mass is 275 g/mol. The predicted molar refractivity (Wildman–Crippen MR) is 85.6 cm³/mol. The molecule has 1 atom stereocenters. The molecule has 1 fully saturated rings. The molecule has 0 heterocycles. The Morgan fingerprint density at radius 3 is 2.40 bits per heavy atom. The van der Waals surface area contributed by atoms with Crippen LogP contribution in [-0.2, 0) is 6.42 Å². The van der Waals surface area contributed by atoms with Gasteiger partial charge in [-0.3, -0.25) is 0 Å². The van der Waals surface area contributed by atoms with Crippen LogP contribution in [0.15, 0.2) is 12.1 Å². The second-order valence-corrected chi connectivity index (χ2v) is 6.42.